The zero-order valence-electron chi connectivity index (χ0n) is 13.9. The largest absolute Gasteiger partial charge is 0.457 e. The first-order valence-electron chi connectivity index (χ1n) is 8.39. The van der Waals surface area contributed by atoms with Crippen LogP contribution in [-0.4, -0.2) is 15.7 Å². The maximum atomic E-state index is 14.3. The van der Waals surface area contributed by atoms with Crippen LogP contribution < -0.4 is 0 Å². The number of aromatic nitrogens is 2. The van der Waals surface area contributed by atoms with Gasteiger partial charge in [-0.05, 0) is 30.5 Å². The van der Waals surface area contributed by atoms with Crippen LogP contribution in [0.5, 0.6) is 0 Å². The van der Waals surface area contributed by atoms with Crippen LogP contribution in [0.3, 0.4) is 0 Å². The molecule has 0 unspecified atom stereocenters. The van der Waals surface area contributed by atoms with E-state index in [9.17, 15) is 13.6 Å². The van der Waals surface area contributed by atoms with Gasteiger partial charge in [0.2, 0.25) is 0 Å². The first-order chi connectivity index (χ1) is 12.6. The van der Waals surface area contributed by atoms with E-state index in [4.69, 9.17) is 4.74 Å². The molecule has 6 heteroatoms. The number of ether oxygens (including phenoxy) is 1. The Kier molecular flexibility index (Phi) is 4.24. The number of carbonyl (C=O) groups is 1. The van der Waals surface area contributed by atoms with Crippen LogP contribution in [0, 0.1) is 11.6 Å². The molecule has 0 radical (unpaired) electrons. The molecule has 0 amide bonds. The van der Waals surface area contributed by atoms with Crippen LogP contribution in [0.15, 0.2) is 48.5 Å². The Morgan fingerprint density at radius 2 is 1.96 bits per heavy atom. The third-order valence-corrected chi connectivity index (χ3v) is 4.44. The monoisotopic (exact) mass is 354 g/mol. The molecule has 0 bridgehead atoms. The van der Waals surface area contributed by atoms with Crippen molar-refractivity contribution in [2.45, 2.75) is 26.0 Å². The van der Waals surface area contributed by atoms with Crippen LogP contribution in [0.1, 0.15) is 28.0 Å². The first-order valence-corrected chi connectivity index (χ1v) is 8.39. The molecule has 1 aliphatic rings. The molecular formula is C20H16F2N2O2. The second-order valence-corrected chi connectivity index (χ2v) is 6.18. The molecule has 0 N–H and O–H groups in total. The molecule has 0 saturated carbocycles. The van der Waals surface area contributed by atoms with Crippen molar-refractivity contribution in [2.24, 2.45) is 0 Å². The summed E-state index contributed by atoms with van der Waals surface area (Å²) in [4.78, 5) is 12.7. The second kappa shape index (κ2) is 6.71. The van der Waals surface area contributed by atoms with Gasteiger partial charge in [-0.15, -0.1) is 0 Å². The van der Waals surface area contributed by atoms with Crippen molar-refractivity contribution < 1.29 is 18.3 Å². The lowest BCUT2D eigenvalue weighted by molar-refractivity contribution is 0.0472. The van der Waals surface area contributed by atoms with Crippen molar-refractivity contribution in [2.75, 3.05) is 0 Å². The quantitative estimate of drug-likeness (QED) is 0.662. The predicted molar refractivity (Wildman–Crippen MR) is 91.5 cm³/mol. The molecular weight excluding hydrogens is 338 g/mol. The van der Waals surface area contributed by atoms with Crippen LogP contribution in [0.2, 0.25) is 0 Å². The summed E-state index contributed by atoms with van der Waals surface area (Å²) in [7, 11) is 0. The molecule has 0 aliphatic carbocycles. The predicted octanol–water partition coefficient (Wildman–Crippen LogP) is 4.13. The average Bonchev–Trinajstić information content (AvgIpc) is 3.21. The molecule has 3 aromatic rings. The molecule has 0 saturated heterocycles. The average molecular weight is 354 g/mol. The fourth-order valence-corrected chi connectivity index (χ4v) is 3.21. The van der Waals surface area contributed by atoms with Gasteiger partial charge in [-0.1, -0.05) is 30.3 Å². The van der Waals surface area contributed by atoms with Gasteiger partial charge in [0.15, 0.2) is 0 Å². The summed E-state index contributed by atoms with van der Waals surface area (Å²) in [6.45, 7) is 0.784. The zero-order valence-corrected chi connectivity index (χ0v) is 13.9. The molecule has 2 heterocycles. The number of aryl methyl sites for hydroxylation is 1. The Morgan fingerprint density at radius 1 is 1.15 bits per heavy atom. The van der Waals surface area contributed by atoms with E-state index in [0.29, 0.717) is 13.0 Å². The van der Waals surface area contributed by atoms with E-state index in [-0.39, 0.29) is 23.4 Å². The number of nitrogens with zero attached hydrogens (tertiary/aromatic N) is 2. The van der Waals surface area contributed by atoms with Crippen molar-refractivity contribution in [3.8, 4) is 11.3 Å². The van der Waals surface area contributed by atoms with Gasteiger partial charge in [-0.3, -0.25) is 4.68 Å². The highest BCUT2D eigenvalue weighted by atomic mass is 19.1. The van der Waals surface area contributed by atoms with Crippen LogP contribution in [0.25, 0.3) is 11.3 Å². The Labute approximate surface area is 149 Å². The minimum Gasteiger partial charge on any atom is -0.457 e. The Balaban J connectivity index is 1.69. The van der Waals surface area contributed by atoms with E-state index in [2.05, 4.69) is 5.10 Å². The van der Waals surface area contributed by atoms with Crippen LogP contribution in [-0.2, 0) is 24.3 Å². The maximum absolute atomic E-state index is 14.3. The van der Waals surface area contributed by atoms with Gasteiger partial charge < -0.3 is 4.74 Å². The molecule has 0 fully saturated rings. The maximum Gasteiger partial charge on any atom is 0.342 e. The smallest absolute Gasteiger partial charge is 0.342 e. The van der Waals surface area contributed by atoms with Crippen molar-refractivity contribution >= 4 is 5.97 Å². The Bertz CT molecular complexity index is 967. The number of fused-ring (bicyclic) bond motifs is 1. The van der Waals surface area contributed by atoms with Gasteiger partial charge in [0, 0.05) is 18.2 Å². The highest BCUT2D eigenvalue weighted by Crippen LogP contribution is 2.32. The lowest BCUT2D eigenvalue weighted by Gasteiger charge is -2.07. The topological polar surface area (TPSA) is 44.1 Å². The van der Waals surface area contributed by atoms with Crippen molar-refractivity contribution in [1.29, 1.82) is 0 Å². The molecule has 0 atom stereocenters. The summed E-state index contributed by atoms with van der Waals surface area (Å²) < 4.78 is 34.6. The number of carbonyl (C=O) groups excluding carboxylic acids is 1. The molecule has 1 aliphatic heterocycles. The first kappa shape index (κ1) is 16.4. The molecule has 4 nitrogen and oxygen atoms in total. The van der Waals surface area contributed by atoms with Crippen molar-refractivity contribution in [3.63, 3.8) is 0 Å². The van der Waals surface area contributed by atoms with Gasteiger partial charge in [-0.2, -0.15) is 5.10 Å². The molecule has 132 valence electrons. The number of hydrogen-bond donors (Lipinski definition) is 0. The SMILES string of the molecule is O=C(OCc1ccccc1)c1c(-c2ccc(F)cc2F)nn2c1CCC2. The minimum atomic E-state index is -0.751. The third kappa shape index (κ3) is 2.98. The van der Waals surface area contributed by atoms with Gasteiger partial charge in [0.25, 0.3) is 0 Å². The van der Waals surface area contributed by atoms with E-state index < -0.39 is 17.6 Å². The van der Waals surface area contributed by atoms with E-state index in [1.807, 2.05) is 30.3 Å². The third-order valence-electron chi connectivity index (χ3n) is 4.44. The number of rotatable bonds is 4. The summed E-state index contributed by atoms with van der Waals surface area (Å²) in [6, 6.07) is 12.6. The Morgan fingerprint density at radius 3 is 2.73 bits per heavy atom. The van der Waals surface area contributed by atoms with Crippen molar-refractivity contribution in [3.05, 3.63) is 77.0 Å². The summed E-state index contributed by atoms with van der Waals surface area (Å²) in [5.41, 5.74) is 2.17. The fourth-order valence-electron chi connectivity index (χ4n) is 3.21. The molecule has 2 aromatic carbocycles. The normalized spacial score (nSPS) is 12.8. The van der Waals surface area contributed by atoms with Crippen LogP contribution >= 0.6 is 0 Å². The summed E-state index contributed by atoms with van der Waals surface area (Å²) >= 11 is 0. The number of benzene rings is 2. The lowest BCUT2D eigenvalue weighted by atomic mass is 10.0. The van der Waals surface area contributed by atoms with E-state index in [0.717, 1.165) is 29.8 Å². The van der Waals surface area contributed by atoms with E-state index in [1.165, 1.54) is 6.07 Å². The van der Waals surface area contributed by atoms with E-state index in [1.54, 1.807) is 4.68 Å². The number of esters is 1. The Hall–Kier alpha value is -3.02. The van der Waals surface area contributed by atoms with E-state index >= 15 is 0 Å². The summed E-state index contributed by atoms with van der Waals surface area (Å²) in [6.07, 6.45) is 1.54. The number of halogens is 2. The minimum absolute atomic E-state index is 0.0972. The number of hydrogen-bond acceptors (Lipinski definition) is 3. The highest BCUT2D eigenvalue weighted by molar-refractivity contribution is 5.97. The second-order valence-electron chi connectivity index (χ2n) is 6.18. The van der Waals surface area contributed by atoms with Crippen molar-refractivity contribution in [1.82, 2.24) is 9.78 Å². The standard InChI is InChI=1S/C20H16F2N2O2/c21-14-8-9-15(16(22)11-14)19-18(17-7-4-10-24(17)23-19)20(25)26-12-13-5-2-1-3-6-13/h1-3,5-6,8-9,11H,4,7,10,12H2. The molecule has 0 spiro atoms. The highest BCUT2D eigenvalue weighted by Gasteiger charge is 2.29. The molecule has 1 aromatic heterocycles. The fraction of sp³-hybridized carbons (Fsp3) is 0.200. The molecule has 26 heavy (non-hydrogen) atoms. The molecule has 4 rings (SSSR count). The zero-order chi connectivity index (χ0) is 18.1. The van der Waals surface area contributed by atoms with Crippen LogP contribution in [0.4, 0.5) is 8.78 Å². The summed E-state index contributed by atoms with van der Waals surface area (Å²) in [5.74, 6) is -1.97. The van der Waals surface area contributed by atoms with Gasteiger partial charge >= 0.3 is 5.97 Å². The van der Waals surface area contributed by atoms with Gasteiger partial charge in [-0.25, -0.2) is 13.6 Å². The lowest BCUT2D eigenvalue weighted by Crippen LogP contribution is -2.08. The van der Waals surface area contributed by atoms with Gasteiger partial charge in [0.1, 0.15) is 29.5 Å². The summed E-state index contributed by atoms with van der Waals surface area (Å²) in [5, 5.41) is 4.38. The van der Waals surface area contributed by atoms with Gasteiger partial charge in [0.05, 0.1) is 5.69 Å².